The van der Waals surface area contributed by atoms with Crippen LogP contribution in [0.1, 0.15) is 5.56 Å². The van der Waals surface area contributed by atoms with Crippen molar-refractivity contribution in [3.63, 3.8) is 0 Å². The molecule has 0 bridgehead atoms. The van der Waals surface area contributed by atoms with E-state index in [4.69, 9.17) is 17.7 Å². The highest BCUT2D eigenvalue weighted by Crippen LogP contribution is 2.33. The molecule has 0 aliphatic heterocycles. The minimum Gasteiger partial charge on any atom is -0.741 e. The van der Waals surface area contributed by atoms with Crippen molar-refractivity contribution in [2.24, 2.45) is 0 Å². The third-order valence-electron chi connectivity index (χ3n) is 3.87. The van der Waals surface area contributed by atoms with Crippen LogP contribution in [-0.2, 0) is 21.0 Å². The maximum Gasteiger partial charge on any atom is 0.485 e. The number of aryl methyl sites for hydroxylation is 1. The fourth-order valence-corrected chi connectivity index (χ4v) is 4.67. The first-order chi connectivity index (χ1) is 14.0. The molecule has 3 rings (SSSR count). The molecule has 4 nitrogen and oxygen atoms in total. The van der Waals surface area contributed by atoms with E-state index in [0.29, 0.717) is 0 Å². The van der Waals surface area contributed by atoms with Crippen molar-refractivity contribution in [1.82, 2.24) is 0 Å². The number of benzene rings is 3. The van der Waals surface area contributed by atoms with E-state index in [-0.39, 0.29) is 10.9 Å². The Morgan fingerprint density at radius 2 is 1.30 bits per heavy atom. The Bertz CT molecular complexity index is 1050. The quantitative estimate of drug-likeness (QED) is 0.309. The van der Waals surface area contributed by atoms with Crippen molar-refractivity contribution >= 4 is 21.0 Å². The standard InChI is InChI=1S/C20H19OS.CHF3O3S/c1-16-8-6-7-11-20(16)22(18-9-4-3-5-10-18)19-14-12-17(21-2)13-15-19;2-1(3,4)8(5,6)7/h3-15H,1-2H3;(H,5,6,7)/q+1;/p-1. The zero-order valence-electron chi connectivity index (χ0n) is 16.1. The number of halogens is 3. The first-order valence-corrected chi connectivity index (χ1v) is 11.2. The van der Waals surface area contributed by atoms with Crippen LogP contribution in [0.15, 0.2) is 93.5 Å². The van der Waals surface area contributed by atoms with Crippen LogP contribution in [-0.4, -0.2) is 25.6 Å². The second-order valence-corrected chi connectivity index (χ2v) is 9.33. The molecule has 160 valence electrons. The summed E-state index contributed by atoms with van der Waals surface area (Å²) in [5.41, 5.74) is -4.32. The van der Waals surface area contributed by atoms with Gasteiger partial charge in [-0.2, -0.15) is 13.2 Å². The molecule has 3 aromatic rings. The largest absolute Gasteiger partial charge is 0.741 e. The highest BCUT2D eigenvalue weighted by Gasteiger charge is 2.37. The summed E-state index contributed by atoms with van der Waals surface area (Å²) in [6.07, 6.45) is 0. The predicted molar refractivity (Wildman–Crippen MR) is 109 cm³/mol. The van der Waals surface area contributed by atoms with Gasteiger partial charge in [0, 0.05) is 5.56 Å². The number of hydrogen-bond acceptors (Lipinski definition) is 4. The van der Waals surface area contributed by atoms with Crippen molar-refractivity contribution in [3.05, 3.63) is 84.4 Å². The van der Waals surface area contributed by atoms with Gasteiger partial charge < -0.3 is 9.29 Å². The second kappa shape index (κ2) is 10.0. The summed E-state index contributed by atoms with van der Waals surface area (Å²) in [5.74, 6) is 0.894. The Labute approximate surface area is 176 Å². The first-order valence-electron chi connectivity index (χ1n) is 8.56. The Balaban J connectivity index is 0.000000343. The highest BCUT2D eigenvalue weighted by atomic mass is 32.2. The summed E-state index contributed by atoms with van der Waals surface area (Å²) >= 11 is 0. The fraction of sp³-hybridized carbons (Fsp3) is 0.143. The van der Waals surface area contributed by atoms with Gasteiger partial charge in [0.05, 0.1) is 18.0 Å². The Morgan fingerprint density at radius 3 is 1.77 bits per heavy atom. The van der Waals surface area contributed by atoms with Crippen molar-refractivity contribution in [3.8, 4) is 5.75 Å². The molecule has 0 saturated carbocycles. The average molecular weight is 457 g/mol. The van der Waals surface area contributed by atoms with Gasteiger partial charge in [-0.05, 0) is 49.4 Å². The third-order valence-corrected chi connectivity index (χ3v) is 6.82. The molecule has 0 aliphatic carbocycles. The summed E-state index contributed by atoms with van der Waals surface area (Å²) in [6, 6.07) is 27.7. The topological polar surface area (TPSA) is 66.4 Å². The van der Waals surface area contributed by atoms with Crippen LogP contribution in [0.25, 0.3) is 0 Å². The van der Waals surface area contributed by atoms with Crippen molar-refractivity contribution in [2.75, 3.05) is 7.11 Å². The molecule has 0 heterocycles. The predicted octanol–water partition coefficient (Wildman–Crippen LogP) is 5.15. The number of alkyl halides is 3. The summed E-state index contributed by atoms with van der Waals surface area (Å²) in [7, 11) is -4.48. The SMILES string of the molecule is COc1ccc([S+](c2ccccc2)c2ccccc2C)cc1.O=S(=O)([O-])C(F)(F)F. The van der Waals surface area contributed by atoms with E-state index in [1.807, 2.05) is 12.1 Å². The van der Waals surface area contributed by atoms with Crippen molar-refractivity contribution < 1.29 is 30.9 Å². The van der Waals surface area contributed by atoms with Gasteiger partial charge in [0.25, 0.3) is 0 Å². The van der Waals surface area contributed by atoms with Gasteiger partial charge in [-0.3, -0.25) is 0 Å². The van der Waals surface area contributed by atoms with Crippen molar-refractivity contribution in [2.45, 2.75) is 27.1 Å². The van der Waals surface area contributed by atoms with Gasteiger partial charge in [0.1, 0.15) is 5.75 Å². The number of hydrogen-bond donors (Lipinski definition) is 0. The van der Waals surface area contributed by atoms with Gasteiger partial charge in [-0.25, -0.2) is 8.42 Å². The van der Waals surface area contributed by atoms with Crippen LogP contribution in [0.5, 0.6) is 5.75 Å². The van der Waals surface area contributed by atoms with Crippen LogP contribution in [0.2, 0.25) is 0 Å². The molecule has 1 atom stereocenters. The average Bonchev–Trinajstić information content (AvgIpc) is 2.70. The van der Waals surface area contributed by atoms with Gasteiger partial charge in [-0.1, -0.05) is 36.4 Å². The Morgan fingerprint density at radius 1 is 0.833 bits per heavy atom. The monoisotopic (exact) mass is 456 g/mol. The summed E-state index contributed by atoms with van der Waals surface area (Å²) in [4.78, 5) is 4.02. The van der Waals surface area contributed by atoms with E-state index in [1.165, 1.54) is 20.2 Å². The lowest BCUT2D eigenvalue weighted by atomic mass is 10.2. The van der Waals surface area contributed by atoms with E-state index in [9.17, 15) is 13.2 Å². The second-order valence-electron chi connectivity index (χ2n) is 5.96. The van der Waals surface area contributed by atoms with E-state index in [0.717, 1.165) is 5.75 Å². The number of ether oxygens (including phenoxy) is 1. The first kappa shape index (κ1) is 23.8. The number of rotatable bonds is 4. The molecular formula is C21H19F3O4S2. The van der Waals surface area contributed by atoms with E-state index in [1.54, 1.807) is 7.11 Å². The van der Waals surface area contributed by atoms with Gasteiger partial charge in [-0.15, -0.1) is 0 Å². The molecule has 0 spiro atoms. The van der Waals surface area contributed by atoms with Crippen molar-refractivity contribution in [1.29, 1.82) is 0 Å². The Hall–Kier alpha value is -2.49. The molecule has 9 heteroatoms. The molecule has 0 N–H and O–H groups in total. The maximum atomic E-state index is 10.7. The lowest BCUT2D eigenvalue weighted by molar-refractivity contribution is -0.0517. The minimum absolute atomic E-state index is 0.0920. The molecule has 0 saturated heterocycles. The van der Waals surface area contributed by atoms with E-state index in [2.05, 4.69) is 73.7 Å². The molecule has 3 aromatic carbocycles. The fourth-order valence-electron chi connectivity index (χ4n) is 2.44. The third kappa shape index (κ3) is 6.25. The molecule has 0 aliphatic rings. The highest BCUT2D eigenvalue weighted by molar-refractivity contribution is 7.97. The smallest absolute Gasteiger partial charge is 0.485 e. The molecule has 0 aromatic heterocycles. The molecule has 0 radical (unpaired) electrons. The molecule has 0 amide bonds. The minimum atomic E-state index is -6.09. The lowest BCUT2D eigenvalue weighted by Crippen LogP contribution is -2.21. The van der Waals surface area contributed by atoms with Gasteiger partial charge in [0.2, 0.25) is 0 Å². The lowest BCUT2D eigenvalue weighted by Gasteiger charge is -2.10. The van der Waals surface area contributed by atoms with Crippen LogP contribution >= 0.6 is 0 Å². The van der Waals surface area contributed by atoms with Crippen LogP contribution in [0.4, 0.5) is 13.2 Å². The van der Waals surface area contributed by atoms with Crippen LogP contribution in [0.3, 0.4) is 0 Å². The summed E-state index contributed by atoms with van der Waals surface area (Å²) < 4.78 is 64.2. The van der Waals surface area contributed by atoms with Crippen LogP contribution < -0.4 is 4.74 Å². The summed E-state index contributed by atoms with van der Waals surface area (Å²) in [5, 5.41) is 0. The zero-order valence-corrected chi connectivity index (χ0v) is 17.7. The van der Waals surface area contributed by atoms with Crippen LogP contribution in [0, 0.1) is 6.92 Å². The van der Waals surface area contributed by atoms with Gasteiger partial charge >= 0.3 is 5.51 Å². The zero-order chi connectivity index (χ0) is 22.4. The Kier molecular flexibility index (Phi) is 7.94. The molecule has 1 unspecified atom stereocenters. The summed E-state index contributed by atoms with van der Waals surface area (Å²) in [6.45, 7) is 2.18. The number of methoxy groups -OCH3 is 1. The van der Waals surface area contributed by atoms with E-state index < -0.39 is 15.6 Å². The van der Waals surface area contributed by atoms with E-state index >= 15 is 0 Å². The maximum absolute atomic E-state index is 10.7. The normalized spacial score (nSPS) is 12.5. The molecule has 30 heavy (non-hydrogen) atoms. The van der Waals surface area contributed by atoms with Gasteiger partial charge in [0.15, 0.2) is 24.8 Å². The molecule has 0 fully saturated rings. The molecular weight excluding hydrogens is 437 g/mol.